The summed E-state index contributed by atoms with van der Waals surface area (Å²) in [5, 5.41) is 9.23. The minimum Gasteiger partial charge on any atom is -0.366 e. The van der Waals surface area contributed by atoms with Crippen LogP contribution < -0.4 is 0 Å². The fourth-order valence-corrected chi connectivity index (χ4v) is 0.906. The Bertz CT molecular complexity index is 355. The van der Waals surface area contributed by atoms with Crippen LogP contribution in [0.5, 0.6) is 0 Å². The van der Waals surface area contributed by atoms with Gasteiger partial charge < -0.3 is 5.11 Å². The van der Waals surface area contributed by atoms with Gasteiger partial charge in [-0.15, -0.1) is 6.42 Å². The summed E-state index contributed by atoms with van der Waals surface area (Å²) in [5.74, 6) is 1.33. The van der Waals surface area contributed by atoms with Gasteiger partial charge in [0, 0.05) is 18.0 Å². The first-order valence-electron chi connectivity index (χ1n) is 3.59. The van der Waals surface area contributed by atoms with E-state index in [1.165, 1.54) is 18.2 Å². The number of halogens is 3. The number of hydrogen-bond acceptors (Lipinski definition) is 2. The zero-order valence-corrected chi connectivity index (χ0v) is 6.92. The molecule has 0 saturated carbocycles. The summed E-state index contributed by atoms with van der Waals surface area (Å²) in [5.41, 5.74) is -3.73. The Morgan fingerprint density at radius 3 is 2.43 bits per heavy atom. The summed E-state index contributed by atoms with van der Waals surface area (Å²) in [6.07, 6.45) is 1.94. The van der Waals surface area contributed by atoms with Gasteiger partial charge in [-0.05, 0) is 6.07 Å². The lowest BCUT2D eigenvalue weighted by molar-refractivity contribution is -0.240. The van der Waals surface area contributed by atoms with Crippen LogP contribution in [-0.2, 0) is 5.60 Å². The largest absolute Gasteiger partial charge is 0.433 e. The quantitative estimate of drug-likeness (QED) is 0.698. The number of pyridine rings is 1. The van der Waals surface area contributed by atoms with Crippen molar-refractivity contribution in [3.63, 3.8) is 0 Å². The highest BCUT2D eigenvalue weighted by Gasteiger charge is 2.54. The van der Waals surface area contributed by atoms with Crippen LogP contribution in [0.2, 0.25) is 0 Å². The molecule has 1 rings (SSSR count). The van der Waals surface area contributed by atoms with E-state index >= 15 is 0 Å². The fourth-order valence-electron chi connectivity index (χ4n) is 0.906. The first-order chi connectivity index (χ1) is 6.42. The molecule has 1 unspecified atom stereocenters. The SMILES string of the molecule is C#CC(O)(c1cccnc1)C(F)(F)F. The Morgan fingerprint density at radius 2 is 2.07 bits per heavy atom. The van der Waals surface area contributed by atoms with E-state index < -0.39 is 17.3 Å². The highest BCUT2D eigenvalue weighted by molar-refractivity contribution is 5.30. The maximum Gasteiger partial charge on any atom is 0.433 e. The Kier molecular flexibility index (Phi) is 2.49. The topological polar surface area (TPSA) is 33.1 Å². The van der Waals surface area contributed by atoms with Gasteiger partial charge in [-0.3, -0.25) is 4.98 Å². The third-order valence-corrected chi connectivity index (χ3v) is 1.70. The van der Waals surface area contributed by atoms with Crippen LogP contribution in [0.3, 0.4) is 0 Å². The second kappa shape index (κ2) is 3.31. The summed E-state index contributed by atoms with van der Waals surface area (Å²) < 4.78 is 37.1. The second-order valence-electron chi connectivity index (χ2n) is 2.59. The molecule has 74 valence electrons. The molecule has 2 nitrogen and oxygen atoms in total. The minimum absolute atomic E-state index is 0.463. The summed E-state index contributed by atoms with van der Waals surface area (Å²) in [6, 6.07) is 2.34. The van der Waals surface area contributed by atoms with Crippen LogP contribution >= 0.6 is 0 Å². The first-order valence-corrected chi connectivity index (χ1v) is 3.59. The van der Waals surface area contributed by atoms with Gasteiger partial charge in [0.25, 0.3) is 0 Å². The van der Waals surface area contributed by atoms with Crippen molar-refractivity contribution in [2.75, 3.05) is 0 Å². The Morgan fingerprint density at radius 1 is 1.43 bits per heavy atom. The van der Waals surface area contributed by atoms with E-state index in [1.54, 1.807) is 0 Å². The molecule has 0 aliphatic heterocycles. The fraction of sp³-hybridized carbons (Fsp3) is 0.222. The lowest BCUT2D eigenvalue weighted by atomic mass is 9.96. The van der Waals surface area contributed by atoms with Crippen LogP contribution in [0.25, 0.3) is 0 Å². The number of aliphatic hydroxyl groups is 1. The summed E-state index contributed by atoms with van der Waals surface area (Å²) in [4.78, 5) is 3.46. The van der Waals surface area contributed by atoms with Gasteiger partial charge in [0.15, 0.2) is 0 Å². The molecule has 0 aliphatic carbocycles. The number of terminal acetylenes is 1. The molecular formula is C9H6F3NO. The van der Waals surface area contributed by atoms with E-state index in [2.05, 4.69) is 11.4 Å². The standard InChI is InChI=1S/C9H6F3NO/c1-2-8(14,9(10,11)12)7-4-3-5-13-6-7/h1,3-6,14H. The van der Waals surface area contributed by atoms with Crippen molar-refractivity contribution in [2.24, 2.45) is 0 Å². The predicted molar refractivity (Wildman–Crippen MR) is 43.0 cm³/mol. The zero-order chi connectivity index (χ0) is 10.8. The lowest BCUT2D eigenvalue weighted by Gasteiger charge is -2.24. The van der Waals surface area contributed by atoms with Crippen molar-refractivity contribution in [1.29, 1.82) is 0 Å². The number of rotatable bonds is 1. The highest BCUT2D eigenvalue weighted by Crippen LogP contribution is 2.37. The van der Waals surface area contributed by atoms with E-state index in [4.69, 9.17) is 0 Å². The molecular weight excluding hydrogens is 195 g/mol. The maximum atomic E-state index is 12.4. The third-order valence-electron chi connectivity index (χ3n) is 1.70. The van der Waals surface area contributed by atoms with E-state index in [0.717, 1.165) is 12.3 Å². The molecule has 0 aliphatic rings. The molecule has 0 radical (unpaired) electrons. The van der Waals surface area contributed by atoms with E-state index in [9.17, 15) is 18.3 Å². The molecule has 1 N–H and O–H groups in total. The Hall–Kier alpha value is -1.54. The second-order valence-corrected chi connectivity index (χ2v) is 2.59. The lowest BCUT2D eigenvalue weighted by Crippen LogP contribution is -2.40. The zero-order valence-electron chi connectivity index (χ0n) is 6.92. The van der Waals surface area contributed by atoms with Gasteiger partial charge in [-0.25, -0.2) is 0 Å². The summed E-state index contributed by atoms with van der Waals surface area (Å²) in [6.45, 7) is 0. The molecule has 0 fully saturated rings. The molecule has 1 heterocycles. The van der Waals surface area contributed by atoms with Crippen molar-refractivity contribution < 1.29 is 18.3 Å². The van der Waals surface area contributed by atoms with Crippen LogP contribution in [0.15, 0.2) is 24.5 Å². The molecule has 0 saturated heterocycles. The van der Waals surface area contributed by atoms with Crippen LogP contribution in [0.1, 0.15) is 5.56 Å². The minimum atomic E-state index is -4.91. The van der Waals surface area contributed by atoms with Gasteiger partial charge in [0.2, 0.25) is 5.60 Å². The molecule has 5 heteroatoms. The van der Waals surface area contributed by atoms with Crippen LogP contribution in [0, 0.1) is 12.3 Å². The molecule has 1 atom stereocenters. The highest BCUT2D eigenvalue weighted by atomic mass is 19.4. The first kappa shape index (κ1) is 10.5. The molecule has 14 heavy (non-hydrogen) atoms. The van der Waals surface area contributed by atoms with E-state index in [-0.39, 0.29) is 0 Å². The van der Waals surface area contributed by atoms with Crippen molar-refractivity contribution in [3.8, 4) is 12.3 Å². The number of aromatic nitrogens is 1. The molecule has 0 spiro atoms. The number of hydrogen-bond donors (Lipinski definition) is 1. The number of nitrogens with zero attached hydrogens (tertiary/aromatic N) is 1. The summed E-state index contributed by atoms with van der Waals surface area (Å²) >= 11 is 0. The van der Waals surface area contributed by atoms with Gasteiger partial charge >= 0.3 is 6.18 Å². The normalized spacial score (nSPS) is 15.6. The van der Waals surface area contributed by atoms with Gasteiger partial charge in [0.05, 0.1) is 0 Å². The average Bonchev–Trinajstić information content (AvgIpc) is 2.16. The van der Waals surface area contributed by atoms with Crippen LogP contribution in [-0.4, -0.2) is 16.3 Å². The molecule has 1 aromatic rings. The van der Waals surface area contributed by atoms with Crippen molar-refractivity contribution in [1.82, 2.24) is 4.98 Å². The average molecular weight is 201 g/mol. The van der Waals surface area contributed by atoms with Gasteiger partial charge in [-0.1, -0.05) is 12.0 Å². The summed E-state index contributed by atoms with van der Waals surface area (Å²) in [7, 11) is 0. The van der Waals surface area contributed by atoms with E-state index in [0.29, 0.717) is 0 Å². The Balaban J connectivity index is 3.25. The molecule has 0 aromatic carbocycles. The van der Waals surface area contributed by atoms with Gasteiger partial charge in [0.1, 0.15) is 0 Å². The molecule has 0 bridgehead atoms. The third kappa shape index (κ3) is 1.56. The smallest absolute Gasteiger partial charge is 0.366 e. The van der Waals surface area contributed by atoms with Crippen molar-refractivity contribution in [3.05, 3.63) is 30.1 Å². The molecule has 0 amide bonds. The van der Waals surface area contributed by atoms with E-state index in [1.807, 2.05) is 0 Å². The van der Waals surface area contributed by atoms with Gasteiger partial charge in [-0.2, -0.15) is 13.2 Å². The monoisotopic (exact) mass is 201 g/mol. The van der Waals surface area contributed by atoms with Crippen LogP contribution in [0.4, 0.5) is 13.2 Å². The van der Waals surface area contributed by atoms with Crippen molar-refractivity contribution >= 4 is 0 Å². The maximum absolute atomic E-state index is 12.4. The number of alkyl halides is 3. The molecule has 1 aromatic heterocycles. The Labute approximate surface area is 78.4 Å². The predicted octanol–water partition coefficient (Wildman–Crippen LogP) is 1.46. The van der Waals surface area contributed by atoms with Crippen molar-refractivity contribution in [2.45, 2.75) is 11.8 Å².